The standard InChI is InChI=1S/C12H20N2O5S/c1-20(18,19)14-11(15)7-2-3-8-6-13-10(12(16)17)5-9(8)4-7/h7-10,13H,2-6H2,1H3,(H,14,15)(H,16,17)/t7-,8-,9+,10-/m0/s1. The van der Waals surface area contributed by atoms with Crippen molar-refractivity contribution in [1.82, 2.24) is 10.0 Å². The predicted octanol–water partition coefficient (Wildman–Crippen LogP) is -0.459. The molecule has 114 valence electrons. The van der Waals surface area contributed by atoms with Crippen molar-refractivity contribution in [2.24, 2.45) is 17.8 Å². The quantitative estimate of drug-likeness (QED) is 0.650. The van der Waals surface area contributed by atoms with Gasteiger partial charge < -0.3 is 10.4 Å². The summed E-state index contributed by atoms with van der Waals surface area (Å²) in [6.07, 6.45) is 3.51. The monoisotopic (exact) mass is 304 g/mol. The first kappa shape index (κ1) is 15.2. The Morgan fingerprint density at radius 3 is 2.50 bits per heavy atom. The summed E-state index contributed by atoms with van der Waals surface area (Å²) in [6.45, 7) is 0.655. The van der Waals surface area contributed by atoms with Gasteiger partial charge in [0.1, 0.15) is 6.04 Å². The minimum atomic E-state index is -3.53. The van der Waals surface area contributed by atoms with Crippen molar-refractivity contribution in [2.75, 3.05) is 12.8 Å². The SMILES string of the molecule is CS(=O)(=O)NC(=O)[C@H]1CC[C@H]2CN[C@H](C(=O)O)C[C@H]2C1. The van der Waals surface area contributed by atoms with E-state index in [2.05, 4.69) is 5.32 Å². The van der Waals surface area contributed by atoms with Crippen molar-refractivity contribution in [3.05, 3.63) is 0 Å². The molecule has 4 atom stereocenters. The second-order valence-corrected chi connectivity index (χ2v) is 7.55. The average molecular weight is 304 g/mol. The van der Waals surface area contributed by atoms with E-state index in [-0.39, 0.29) is 11.8 Å². The molecule has 3 N–H and O–H groups in total. The van der Waals surface area contributed by atoms with E-state index in [0.29, 0.717) is 31.7 Å². The predicted molar refractivity (Wildman–Crippen MR) is 71.4 cm³/mol. The lowest BCUT2D eigenvalue weighted by Crippen LogP contribution is -2.50. The van der Waals surface area contributed by atoms with E-state index >= 15 is 0 Å². The maximum Gasteiger partial charge on any atom is 0.320 e. The molecule has 0 radical (unpaired) electrons. The summed E-state index contributed by atoms with van der Waals surface area (Å²) >= 11 is 0. The molecule has 2 fully saturated rings. The van der Waals surface area contributed by atoms with E-state index in [1.54, 1.807) is 0 Å². The number of sulfonamides is 1. The van der Waals surface area contributed by atoms with Crippen LogP contribution in [-0.4, -0.2) is 44.2 Å². The molecule has 0 aromatic heterocycles. The van der Waals surface area contributed by atoms with Crippen LogP contribution in [0.3, 0.4) is 0 Å². The molecule has 0 aromatic carbocycles. The lowest BCUT2D eigenvalue weighted by Gasteiger charge is -2.41. The summed E-state index contributed by atoms with van der Waals surface area (Å²) in [7, 11) is -3.53. The molecule has 0 spiro atoms. The van der Waals surface area contributed by atoms with Crippen LogP contribution in [0, 0.1) is 17.8 Å². The highest BCUT2D eigenvalue weighted by Gasteiger charge is 2.39. The number of hydrogen-bond acceptors (Lipinski definition) is 5. The van der Waals surface area contributed by atoms with Gasteiger partial charge in [0.05, 0.1) is 6.26 Å². The number of amides is 1. The molecule has 1 saturated carbocycles. The van der Waals surface area contributed by atoms with E-state index in [1.165, 1.54) is 0 Å². The van der Waals surface area contributed by atoms with Gasteiger partial charge in [-0.05, 0) is 44.1 Å². The van der Waals surface area contributed by atoms with Crippen LogP contribution in [0.5, 0.6) is 0 Å². The number of aliphatic carboxylic acids is 1. The molecular weight excluding hydrogens is 284 g/mol. The van der Waals surface area contributed by atoms with Crippen LogP contribution in [0.2, 0.25) is 0 Å². The molecule has 1 amide bonds. The van der Waals surface area contributed by atoms with Crippen molar-refractivity contribution < 1.29 is 23.1 Å². The van der Waals surface area contributed by atoms with E-state index < -0.39 is 27.9 Å². The highest BCUT2D eigenvalue weighted by molar-refractivity contribution is 7.89. The molecule has 2 rings (SSSR count). The van der Waals surface area contributed by atoms with Gasteiger partial charge in [-0.25, -0.2) is 8.42 Å². The van der Waals surface area contributed by atoms with Gasteiger partial charge in [0.2, 0.25) is 15.9 Å². The first-order valence-corrected chi connectivity index (χ1v) is 8.63. The Morgan fingerprint density at radius 2 is 1.90 bits per heavy atom. The summed E-state index contributed by atoms with van der Waals surface area (Å²) in [6, 6.07) is -0.562. The molecule has 0 bridgehead atoms. The Labute approximate surface area is 118 Å². The molecule has 0 unspecified atom stereocenters. The van der Waals surface area contributed by atoms with Crippen LogP contribution >= 0.6 is 0 Å². The van der Waals surface area contributed by atoms with Gasteiger partial charge in [0.15, 0.2) is 0 Å². The molecule has 1 saturated heterocycles. The van der Waals surface area contributed by atoms with Crippen molar-refractivity contribution in [1.29, 1.82) is 0 Å². The summed E-state index contributed by atoms with van der Waals surface area (Å²) < 4.78 is 24.2. The fourth-order valence-corrected chi connectivity index (χ4v) is 3.79. The maximum absolute atomic E-state index is 11.9. The van der Waals surface area contributed by atoms with Gasteiger partial charge in [-0.2, -0.15) is 0 Å². The van der Waals surface area contributed by atoms with Crippen molar-refractivity contribution in [3.8, 4) is 0 Å². The Bertz CT molecular complexity index is 504. The number of carbonyl (C=O) groups is 2. The number of nitrogens with one attached hydrogen (secondary N) is 2. The maximum atomic E-state index is 11.9. The molecule has 20 heavy (non-hydrogen) atoms. The van der Waals surface area contributed by atoms with Crippen LogP contribution in [0.15, 0.2) is 0 Å². The largest absolute Gasteiger partial charge is 0.480 e. The highest BCUT2D eigenvalue weighted by Crippen LogP contribution is 2.38. The normalized spacial score (nSPS) is 34.0. The Hall–Kier alpha value is -1.15. The van der Waals surface area contributed by atoms with Crippen molar-refractivity contribution in [2.45, 2.75) is 31.7 Å². The Kier molecular flexibility index (Phi) is 4.33. The fourth-order valence-electron chi connectivity index (χ4n) is 3.26. The molecule has 8 heteroatoms. The zero-order valence-corrected chi connectivity index (χ0v) is 12.1. The lowest BCUT2D eigenvalue weighted by atomic mass is 9.69. The number of carboxylic acids is 1. The number of carbonyl (C=O) groups excluding carboxylic acids is 1. The molecular formula is C12H20N2O5S. The second-order valence-electron chi connectivity index (χ2n) is 5.80. The van der Waals surface area contributed by atoms with E-state index in [4.69, 9.17) is 5.11 Å². The van der Waals surface area contributed by atoms with Crippen LogP contribution in [0.1, 0.15) is 25.7 Å². The number of fused-ring (bicyclic) bond motifs is 1. The minimum absolute atomic E-state index is 0.168. The minimum Gasteiger partial charge on any atom is -0.480 e. The van der Waals surface area contributed by atoms with E-state index in [9.17, 15) is 18.0 Å². The smallest absolute Gasteiger partial charge is 0.320 e. The van der Waals surface area contributed by atoms with Gasteiger partial charge in [0, 0.05) is 5.92 Å². The molecule has 7 nitrogen and oxygen atoms in total. The van der Waals surface area contributed by atoms with Gasteiger partial charge in [-0.3, -0.25) is 14.3 Å². The van der Waals surface area contributed by atoms with Gasteiger partial charge in [0.25, 0.3) is 0 Å². The molecule has 0 aromatic rings. The van der Waals surface area contributed by atoms with Crippen molar-refractivity contribution >= 4 is 21.9 Å². The van der Waals surface area contributed by atoms with Gasteiger partial charge in [-0.1, -0.05) is 0 Å². The summed E-state index contributed by atoms with van der Waals surface area (Å²) in [5, 5.41) is 12.0. The van der Waals surface area contributed by atoms with Crippen LogP contribution in [0.25, 0.3) is 0 Å². The first-order chi connectivity index (χ1) is 9.26. The summed E-state index contributed by atoms with van der Waals surface area (Å²) in [5.41, 5.74) is 0. The number of rotatable bonds is 3. The zero-order valence-electron chi connectivity index (χ0n) is 11.3. The van der Waals surface area contributed by atoms with Crippen molar-refractivity contribution in [3.63, 3.8) is 0 Å². The first-order valence-electron chi connectivity index (χ1n) is 6.74. The van der Waals surface area contributed by atoms with E-state index in [0.717, 1.165) is 12.7 Å². The Balaban J connectivity index is 1.97. The third-order valence-corrected chi connectivity index (χ3v) is 4.83. The molecule has 2 aliphatic rings. The topological polar surface area (TPSA) is 113 Å². The van der Waals surface area contributed by atoms with Crippen LogP contribution in [-0.2, 0) is 19.6 Å². The Morgan fingerprint density at radius 1 is 1.20 bits per heavy atom. The van der Waals surface area contributed by atoms with Gasteiger partial charge in [-0.15, -0.1) is 0 Å². The molecule has 1 aliphatic carbocycles. The summed E-state index contributed by atoms with van der Waals surface area (Å²) in [5.74, 6) is -1.12. The lowest BCUT2D eigenvalue weighted by molar-refractivity contribution is -0.141. The fraction of sp³-hybridized carbons (Fsp3) is 0.833. The molecule has 1 aliphatic heterocycles. The zero-order chi connectivity index (χ0) is 14.9. The molecule has 1 heterocycles. The average Bonchev–Trinajstić information content (AvgIpc) is 2.35. The number of piperidine rings is 1. The van der Waals surface area contributed by atoms with Crippen LogP contribution in [0.4, 0.5) is 0 Å². The number of carboxylic acid groups (broad SMARTS) is 1. The summed E-state index contributed by atoms with van der Waals surface area (Å²) in [4.78, 5) is 22.9. The third-order valence-electron chi connectivity index (χ3n) is 4.26. The van der Waals surface area contributed by atoms with E-state index in [1.807, 2.05) is 4.72 Å². The third kappa shape index (κ3) is 3.69. The second kappa shape index (κ2) is 5.69. The number of hydrogen-bond donors (Lipinski definition) is 3. The highest BCUT2D eigenvalue weighted by atomic mass is 32.2. The van der Waals surface area contributed by atoms with Crippen LogP contribution < -0.4 is 10.0 Å². The van der Waals surface area contributed by atoms with Gasteiger partial charge >= 0.3 is 5.97 Å².